The number of anilines is 1. The number of carboxylic acid groups (broad SMARTS) is 1. The number of amides is 1. The number of benzene rings is 1. The highest BCUT2D eigenvalue weighted by Crippen LogP contribution is 2.35. The molecule has 2 N–H and O–H groups in total. The lowest BCUT2D eigenvalue weighted by Gasteiger charge is -2.19. The van der Waals surface area contributed by atoms with Crippen molar-refractivity contribution in [2.45, 2.75) is 12.1 Å². The number of rotatable bonds is 4. The van der Waals surface area contributed by atoms with Crippen LogP contribution in [0.5, 0.6) is 0 Å². The Morgan fingerprint density at radius 1 is 1.33 bits per heavy atom. The quantitative estimate of drug-likeness (QED) is 0.881. The van der Waals surface area contributed by atoms with Crippen LogP contribution in [0.4, 0.5) is 18.9 Å². The third kappa shape index (κ3) is 3.65. The van der Waals surface area contributed by atoms with Crippen LogP contribution in [0.3, 0.4) is 0 Å². The van der Waals surface area contributed by atoms with Crippen LogP contribution in [0.25, 0.3) is 0 Å². The van der Waals surface area contributed by atoms with Crippen LogP contribution in [0.1, 0.15) is 11.5 Å². The molecule has 5 nitrogen and oxygen atoms in total. The van der Waals surface area contributed by atoms with Crippen molar-refractivity contribution in [3.63, 3.8) is 0 Å². The van der Waals surface area contributed by atoms with Gasteiger partial charge < -0.3 is 15.3 Å². The van der Waals surface area contributed by atoms with Crippen LogP contribution in [-0.4, -0.2) is 42.8 Å². The first-order valence-corrected chi connectivity index (χ1v) is 6.18. The molecule has 1 atom stereocenters. The van der Waals surface area contributed by atoms with E-state index < -0.39 is 30.5 Å². The van der Waals surface area contributed by atoms with Gasteiger partial charge in [-0.15, -0.1) is 0 Å². The van der Waals surface area contributed by atoms with Gasteiger partial charge in [0.1, 0.15) is 12.5 Å². The molecule has 0 saturated carbocycles. The summed E-state index contributed by atoms with van der Waals surface area (Å²) in [7, 11) is 0. The Morgan fingerprint density at radius 3 is 2.62 bits per heavy atom. The largest absolute Gasteiger partial charge is 0.481 e. The van der Waals surface area contributed by atoms with Gasteiger partial charge >= 0.3 is 12.1 Å². The Morgan fingerprint density at radius 2 is 2.00 bits per heavy atom. The first kappa shape index (κ1) is 15.1. The van der Waals surface area contributed by atoms with Crippen molar-refractivity contribution in [1.82, 2.24) is 5.32 Å². The molecule has 1 aliphatic heterocycles. The Balaban J connectivity index is 2.05. The first-order valence-electron chi connectivity index (χ1n) is 6.18. The molecule has 21 heavy (non-hydrogen) atoms. The number of hydrogen-bond donors (Lipinski definition) is 2. The molecular formula is C13H13F3N2O3. The lowest BCUT2D eigenvalue weighted by atomic mass is 10.0. The fourth-order valence-corrected chi connectivity index (χ4v) is 2.28. The molecule has 1 aliphatic rings. The van der Waals surface area contributed by atoms with E-state index in [1.165, 1.54) is 4.90 Å². The van der Waals surface area contributed by atoms with Crippen molar-refractivity contribution in [3.05, 3.63) is 29.8 Å². The van der Waals surface area contributed by atoms with E-state index in [1.807, 2.05) is 0 Å². The fourth-order valence-electron chi connectivity index (χ4n) is 2.28. The highest BCUT2D eigenvalue weighted by molar-refractivity contribution is 5.87. The molecule has 0 fully saturated rings. The number of carbonyl (C=O) groups is 2. The second kappa shape index (κ2) is 5.63. The van der Waals surface area contributed by atoms with Gasteiger partial charge in [0.2, 0.25) is 5.91 Å². The van der Waals surface area contributed by atoms with Gasteiger partial charge in [-0.1, -0.05) is 18.2 Å². The minimum absolute atomic E-state index is 0.0636. The number of halogens is 3. The van der Waals surface area contributed by atoms with Gasteiger partial charge in [0.05, 0.1) is 6.54 Å². The Hall–Kier alpha value is -2.25. The minimum Gasteiger partial charge on any atom is -0.481 e. The molecule has 0 radical (unpaired) electrons. The van der Waals surface area contributed by atoms with Gasteiger partial charge in [0.25, 0.3) is 0 Å². The van der Waals surface area contributed by atoms with Crippen molar-refractivity contribution < 1.29 is 27.9 Å². The number of fused-ring (bicyclic) bond motifs is 1. The lowest BCUT2D eigenvalue weighted by molar-refractivity contribution is -0.138. The molecule has 1 unspecified atom stereocenters. The summed E-state index contributed by atoms with van der Waals surface area (Å²) in [5, 5.41) is 10.9. The Labute approximate surface area is 118 Å². The summed E-state index contributed by atoms with van der Waals surface area (Å²) in [6.07, 6.45) is -4.47. The molecule has 1 amide bonds. The van der Waals surface area contributed by atoms with E-state index in [-0.39, 0.29) is 13.1 Å². The summed E-state index contributed by atoms with van der Waals surface area (Å²) in [6, 6.07) is 6.66. The maximum absolute atomic E-state index is 12.0. The third-order valence-electron chi connectivity index (χ3n) is 3.17. The summed E-state index contributed by atoms with van der Waals surface area (Å²) >= 11 is 0. The number of para-hydroxylation sites is 1. The zero-order chi connectivity index (χ0) is 15.6. The molecule has 0 saturated heterocycles. The number of nitrogens with zero attached hydrogens (tertiary/aromatic N) is 1. The van der Waals surface area contributed by atoms with Crippen molar-refractivity contribution in [3.8, 4) is 0 Å². The number of carbonyl (C=O) groups excluding carboxylic acids is 1. The maximum Gasteiger partial charge on any atom is 0.405 e. The van der Waals surface area contributed by atoms with Crippen molar-refractivity contribution in [2.75, 3.05) is 24.5 Å². The highest BCUT2D eigenvalue weighted by atomic mass is 19.4. The summed E-state index contributed by atoms with van der Waals surface area (Å²) in [6.45, 7) is -1.64. The molecule has 0 aliphatic carbocycles. The van der Waals surface area contributed by atoms with Gasteiger partial charge in [-0.05, 0) is 11.6 Å². The second-order valence-electron chi connectivity index (χ2n) is 4.72. The van der Waals surface area contributed by atoms with Crippen LogP contribution < -0.4 is 10.2 Å². The number of nitrogens with one attached hydrogen (secondary N) is 1. The zero-order valence-corrected chi connectivity index (χ0v) is 10.9. The fraction of sp³-hybridized carbons (Fsp3) is 0.385. The van der Waals surface area contributed by atoms with Gasteiger partial charge in [-0.3, -0.25) is 9.59 Å². The summed E-state index contributed by atoms with van der Waals surface area (Å²) in [4.78, 5) is 24.2. The van der Waals surface area contributed by atoms with Crippen molar-refractivity contribution >= 4 is 17.6 Å². The van der Waals surface area contributed by atoms with Gasteiger partial charge in [0, 0.05) is 12.2 Å². The van der Waals surface area contributed by atoms with E-state index >= 15 is 0 Å². The van der Waals surface area contributed by atoms with Crippen LogP contribution in [0.15, 0.2) is 24.3 Å². The number of aliphatic carboxylic acids is 1. The van der Waals surface area contributed by atoms with E-state index in [1.54, 1.807) is 29.6 Å². The SMILES string of the molecule is O=C(CN1CC(C(=O)O)c2ccccc21)NCC(F)(F)F. The van der Waals surface area contributed by atoms with E-state index in [0.717, 1.165) is 0 Å². The summed E-state index contributed by atoms with van der Waals surface area (Å²) in [5.41, 5.74) is 1.13. The molecule has 8 heteroatoms. The minimum atomic E-state index is -4.47. The predicted molar refractivity (Wildman–Crippen MR) is 68.1 cm³/mol. The van der Waals surface area contributed by atoms with E-state index in [9.17, 15) is 22.8 Å². The third-order valence-corrected chi connectivity index (χ3v) is 3.17. The number of hydrogen-bond acceptors (Lipinski definition) is 3. The van der Waals surface area contributed by atoms with Gasteiger partial charge in [-0.2, -0.15) is 13.2 Å². The monoisotopic (exact) mass is 302 g/mol. The van der Waals surface area contributed by atoms with Crippen LogP contribution >= 0.6 is 0 Å². The number of carboxylic acids is 1. The number of alkyl halides is 3. The van der Waals surface area contributed by atoms with E-state index in [0.29, 0.717) is 11.3 Å². The topological polar surface area (TPSA) is 69.6 Å². The van der Waals surface area contributed by atoms with Gasteiger partial charge in [-0.25, -0.2) is 0 Å². The Kier molecular flexibility index (Phi) is 4.06. The average molecular weight is 302 g/mol. The molecule has 1 heterocycles. The first-order chi connectivity index (χ1) is 9.78. The Bertz CT molecular complexity index is 560. The molecule has 1 aromatic rings. The van der Waals surface area contributed by atoms with Crippen LogP contribution in [0.2, 0.25) is 0 Å². The van der Waals surface area contributed by atoms with Crippen LogP contribution in [-0.2, 0) is 9.59 Å². The van der Waals surface area contributed by atoms with E-state index in [4.69, 9.17) is 5.11 Å². The summed E-state index contributed by atoms with van der Waals surface area (Å²) in [5.74, 6) is -2.61. The molecule has 2 rings (SSSR count). The molecule has 114 valence electrons. The van der Waals surface area contributed by atoms with Crippen LogP contribution in [0, 0.1) is 0 Å². The summed E-state index contributed by atoms with van der Waals surface area (Å²) < 4.78 is 36.1. The highest BCUT2D eigenvalue weighted by Gasteiger charge is 2.34. The molecular weight excluding hydrogens is 289 g/mol. The molecule has 0 spiro atoms. The molecule has 0 aromatic heterocycles. The van der Waals surface area contributed by atoms with E-state index in [2.05, 4.69) is 0 Å². The van der Waals surface area contributed by atoms with Crippen molar-refractivity contribution in [1.29, 1.82) is 0 Å². The smallest absolute Gasteiger partial charge is 0.405 e. The average Bonchev–Trinajstić information content (AvgIpc) is 2.75. The lowest BCUT2D eigenvalue weighted by Crippen LogP contribution is -2.41. The molecule has 0 bridgehead atoms. The zero-order valence-electron chi connectivity index (χ0n) is 10.9. The van der Waals surface area contributed by atoms with Crippen molar-refractivity contribution in [2.24, 2.45) is 0 Å². The molecule has 1 aromatic carbocycles. The maximum atomic E-state index is 12.0. The normalized spacial score (nSPS) is 17.5. The standard InChI is InChI=1S/C13H13F3N2O3/c14-13(15,16)7-17-11(19)6-18-5-9(12(20)21)8-3-1-2-4-10(8)18/h1-4,9H,5-7H2,(H,17,19)(H,20,21). The van der Waals surface area contributed by atoms with Gasteiger partial charge in [0.15, 0.2) is 0 Å². The predicted octanol–water partition coefficient (Wildman–Crippen LogP) is 1.35. The second-order valence-corrected chi connectivity index (χ2v) is 4.72.